The molecular weight excluding hydrogens is 252 g/mol. The van der Waals surface area contributed by atoms with Gasteiger partial charge in [-0.25, -0.2) is 4.98 Å². The van der Waals surface area contributed by atoms with Crippen molar-refractivity contribution in [1.29, 1.82) is 0 Å². The number of nitrogens with zero attached hydrogens (tertiary/aromatic N) is 2. The third-order valence-electron chi connectivity index (χ3n) is 3.95. The number of rotatable bonds is 6. The smallest absolute Gasteiger partial charge is 0.234 e. The van der Waals surface area contributed by atoms with Gasteiger partial charge in [-0.15, -0.1) is 0 Å². The molecule has 5 nitrogen and oxygen atoms in total. The summed E-state index contributed by atoms with van der Waals surface area (Å²) >= 11 is 0. The average molecular weight is 278 g/mol. The van der Waals surface area contributed by atoms with Crippen LogP contribution in [0.25, 0.3) is 0 Å². The number of nitrogens with one attached hydrogen (secondary N) is 2. The summed E-state index contributed by atoms with van der Waals surface area (Å²) in [6.07, 6.45) is 12.0. The maximum atomic E-state index is 11.9. The van der Waals surface area contributed by atoms with Crippen LogP contribution >= 0.6 is 0 Å². The van der Waals surface area contributed by atoms with Crippen molar-refractivity contribution in [3.63, 3.8) is 0 Å². The van der Waals surface area contributed by atoms with E-state index >= 15 is 0 Å². The first-order valence-corrected chi connectivity index (χ1v) is 7.72. The van der Waals surface area contributed by atoms with Gasteiger partial charge in [-0.1, -0.05) is 25.7 Å². The van der Waals surface area contributed by atoms with Crippen LogP contribution in [0.5, 0.6) is 0 Å². The Balaban J connectivity index is 1.59. The van der Waals surface area contributed by atoms with Crippen LogP contribution < -0.4 is 10.6 Å². The summed E-state index contributed by atoms with van der Waals surface area (Å²) in [7, 11) is 1.99. The van der Waals surface area contributed by atoms with Gasteiger partial charge in [-0.2, -0.15) is 0 Å². The Morgan fingerprint density at radius 2 is 2.10 bits per heavy atom. The van der Waals surface area contributed by atoms with Gasteiger partial charge in [-0.3, -0.25) is 4.79 Å². The Kier molecular flexibility index (Phi) is 6.05. The molecule has 0 spiro atoms. The van der Waals surface area contributed by atoms with E-state index in [1.165, 1.54) is 25.7 Å². The zero-order valence-corrected chi connectivity index (χ0v) is 12.4. The fourth-order valence-electron chi connectivity index (χ4n) is 2.74. The second-order valence-electron chi connectivity index (χ2n) is 5.64. The monoisotopic (exact) mass is 278 g/mol. The predicted molar refractivity (Wildman–Crippen MR) is 79.4 cm³/mol. The van der Waals surface area contributed by atoms with Crippen LogP contribution in [0.4, 0.5) is 0 Å². The number of aryl methyl sites for hydroxylation is 1. The van der Waals surface area contributed by atoms with Gasteiger partial charge in [0.2, 0.25) is 5.91 Å². The highest BCUT2D eigenvalue weighted by molar-refractivity contribution is 5.78. The SMILES string of the molecule is Cn1ccnc1CCNCC(=O)NC1CCCCCC1. The highest BCUT2D eigenvalue weighted by atomic mass is 16.1. The molecule has 1 heterocycles. The molecule has 0 saturated heterocycles. The Hall–Kier alpha value is -1.36. The van der Waals surface area contributed by atoms with Crippen molar-refractivity contribution in [2.24, 2.45) is 7.05 Å². The minimum absolute atomic E-state index is 0.122. The Morgan fingerprint density at radius 1 is 1.35 bits per heavy atom. The molecular formula is C15H26N4O. The maximum Gasteiger partial charge on any atom is 0.234 e. The highest BCUT2D eigenvalue weighted by Crippen LogP contribution is 2.16. The first-order chi connectivity index (χ1) is 9.75. The number of carbonyl (C=O) groups is 1. The minimum atomic E-state index is 0.122. The standard InChI is InChI=1S/C15H26N4O/c1-19-11-10-17-14(19)8-9-16-12-15(20)18-13-6-4-2-3-5-7-13/h10-11,13,16H,2-9,12H2,1H3,(H,18,20). The molecule has 2 N–H and O–H groups in total. The van der Waals surface area contributed by atoms with Crippen molar-refractivity contribution in [3.8, 4) is 0 Å². The molecule has 0 aromatic carbocycles. The van der Waals surface area contributed by atoms with E-state index in [-0.39, 0.29) is 5.91 Å². The van der Waals surface area contributed by atoms with Gasteiger partial charge in [-0.05, 0) is 12.8 Å². The molecule has 0 atom stereocenters. The van der Waals surface area contributed by atoms with Gasteiger partial charge in [0, 0.05) is 38.4 Å². The zero-order chi connectivity index (χ0) is 14.2. The van der Waals surface area contributed by atoms with Gasteiger partial charge < -0.3 is 15.2 Å². The van der Waals surface area contributed by atoms with Crippen LogP contribution in [0.3, 0.4) is 0 Å². The summed E-state index contributed by atoms with van der Waals surface area (Å²) in [5.74, 6) is 1.17. The average Bonchev–Trinajstić information content (AvgIpc) is 2.68. The quantitative estimate of drug-likeness (QED) is 0.611. The molecule has 1 fully saturated rings. The molecule has 1 aromatic rings. The third kappa shape index (κ3) is 4.96. The Bertz CT molecular complexity index is 408. The zero-order valence-electron chi connectivity index (χ0n) is 12.4. The first-order valence-electron chi connectivity index (χ1n) is 7.72. The molecule has 5 heteroatoms. The maximum absolute atomic E-state index is 11.9. The summed E-state index contributed by atoms with van der Waals surface area (Å²) in [6.45, 7) is 1.18. The lowest BCUT2D eigenvalue weighted by Gasteiger charge is -2.16. The minimum Gasteiger partial charge on any atom is -0.352 e. The molecule has 1 aromatic heterocycles. The second kappa shape index (κ2) is 8.04. The molecule has 20 heavy (non-hydrogen) atoms. The van der Waals surface area contributed by atoms with Crippen molar-refractivity contribution in [1.82, 2.24) is 20.2 Å². The summed E-state index contributed by atoms with van der Waals surface area (Å²) in [5.41, 5.74) is 0. The van der Waals surface area contributed by atoms with Crippen molar-refractivity contribution in [2.45, 2.75) is 51.0 Å². The van der Waals surface area contributed by atoms with Crippen LogP contribution in [0.1, 0.15) is 44.3 Å². The molecule has 0 radical (unpaired) electrons. The van der Waals surface area contributed by atoms with Crippen molar-refractivity contribution < 1.29 is 4.79 Å². The van der Waals surface area contributed by atoms with Gasteiger partial charge >= 0.3 is 0 Å². The normalized spacial score (nSPS) is 16.9. The van der Waals surface area contributed by atoms with Crippen molar-refractivity contribution in [2.75, 3.05) is 13.1 Å². The molecule has 1 amide bonds. The molecule has 0 aliphatic heterocycles. The topological polar surface area (TPSA) is 59.0 Å². The first kappa shape index (κ1) is 15.0. The van der Waals surface area contributed by atoms with Gasteiger partial charge in [0.15, 0.2) is 0 Å². The van der Waals surface area contributed by atoms with Crippen LogP contribution in [0.15, 0.2) is 12.4 Å². The fraction of sp³-hybridized carbons (Fsp3) is 0.733. The number of amides is 1. The van der Waals surface area contributed by atoms with Crippen LogP contribution in [0, 0.1) is 0 Å². The molecule has 1 saturated carbocycles. The third-order valence-corrected chi connectivity index (χ3v) is 3.95. The lowest BCUT2D eigenvalue weighted by Crippen LogP contribution is -2.40. The summed E-state index contributed by atoms with van der Waals surface area (Å²) < 4.78 is 2.01. The van der Waals surface area contributed by atoms with E-state index in [1.54, 1.807) is 6.20 Å². The predicted octanol–water partition coefficient (Wildman–Crippen LogP) is 1.39. The van der Waals surface area contributed by atoms with Crippen LogP contribution in [-0.4, -0.2) is 34.6 Å². The van der Waals surface area contributed by atoms with E-state index in [9.17, 15) is 4.79 Å². The van der Waals surface area contributed by atoms with Crippen LogP contribution in [0.2, 0.25) is 0 Å². The van der Waals surface area contributed by atoms with Gasteiger partial charge in [0.25, 0.3) is 0 Å². The van der Waals surface area contributed by atoms with E-state index < -0.39 is 0 Å². The van der Waals surface area contributed by atoms with E-state index in [0.29, 0.717) is 12.6 Å². The number of aromatic nitrogens is 2. The van der Waals surface area contributed by atoms with Crippen LogP contribution in [-0.2, 0) is 18.3 Å². The number of carbonyl (C=O) groups excluding carboxylic acids is 1. The lowest BCUT2D eigenvalue weighted by atomic mass is 10.1. The number of imidazole rings is 1. The van der Waals surface area contributed by atoms with Gasteiger partial charge in [0.1, 0.15) is 5.82 Å². The summed E-state index contributed by atoms with van der Waals surface area (Å²) in [6, 6.07) is 0.390. The summed E-state index contributed by atoms with van der Waals surface area (Å²) in [4.78, 5) is 16.1. The molecule has 0 unspecified atom stereocenters. The lowest BCUT2D eigenvalue weighted by molar-refractivity contribution is -0.121. The largest absolute Gasteiger partial charge is 0.352 e. The number of hydrogen-bond donors (Lipinski definition) is 2. The number of hydrogen-bond acceptors (Lipinski definition) is 3. The van der Waals surface area contributed by atoms with E-state index in [2.05, 4.69) is 15.6 Å². The Labute approximate surface area is 121 Å². The molecule has 0 bridgehead atoms. The fourth-order valence-corrected chi connectivity index (χ4v) is 2.74. The van der Waals surface area contributed by atoms with E-state index in [0.717, 1.165) is 31.6 Å². The second-order valence-corrected chi connectivity index (χ2v) is 5.64. The van der Waals surface area contributed by atoms with Crippen molar-refractivity contribution in [3.05, 3.63) is 18.2 Å². The molecule has 1 aliphatic carbocycles. The highest BCUT2D eigenvalue weighted by Gasteiger charge is 2.14. The van der Waals surface area contributed by atoms with E-state index in [4.69, 9.17) is 0 Å². The molecule has 2 rings (SSSR count). The van der Waals surface area contributed by atoms with E-state index in [1.807, 2.05) is 17.8 Å². The molecule has 1 aliphatic rings. The Morgan fingerprint density at radius 3 is 2.75 bits per heavy atom. The van der Waals surface area contributed by atoms with Crippen molar-refractivity contribution >= 4 is 5.91 Å². The molecule has 112 valence electrons. The van der Waals surface area contributed by atoms with Gasteiger partial charge in [0.05, 0.1) is 6.54 Å². The summed E-state index contributed by atoms with van der Waals surface area (Å²) in [5, 5.41) is 6.33.